The first-order valence-electron chi connectivity index (χ1n) is 13.4. The topological polar surface area (TPSA) is 93.2 Å². The fraction of sp³-hybridized carbons (Fsp3) is 0.464. The van der Waals surface area contributed by atoms with E-state index in [-0.39, 0.29) is 41.7 Å². The SMILES string of the molecule is CN1CC[C@@H](Nc2cccc3c2cc(-c2cc(CNC(=O)c4cnn(C(C)(C)C)c4)on2)n3CC(F)(F)F)[C@@H](F)C1. The van der Waals surface area contributed by atoms with E-state index in [9.17, 15) is 22.4 Å². The molecule has 1 amide bonds. The molecule has 0 saturated carbocycles. The molecule has 13 heteroatoms. The lowest BCUT2D eigenvalue weighted by atomic mass is 10.0. The highest BCUT2D eigenvalue weighted by molar-refractivity contribution is 5.96. The van der Waals surface area contributed by atoms with Crippen molar-refractivity contribution in [3.05, 3.63) is 54.0 Å². The highest BCUT2D eigenvalue weighted by Gasteiger charge is 2.32. The second-order valence-electron chi connectivity index (χ2n) is 11.5. The number of halogens is 4. The second-order valence-corrected chi connectivity index (χ2v) is 11.5. The number of hydrogen-bond acceptors (Lipinski definition) is 6. The molecule has 41 heavy (non-hydrogen) atoms. The molecular weight excluding hydrogens is 542 g/mol. The average molecular weight is 576 g/mol. The first-order chi connectivity index (χ1) is 19.3. The summed E-state index contributed by atoms with van der Waals surface area (Å²) in [6.45, 7) is 5.61. The van der Waals surface area contributed by atoms with Crippen molar-refractivity contribution in [1.29, 1.82) is 0 Å². The minimum absolute atomic E-state index is 0.0210. The number of hydrogen-bond donors (Lipinski definition) is 2. The predicted molar refractivity (Wildman–Crippen MR) is 146 cm³/mol. The van der Waals surface area contributed by atoms with Crippen molar-refractivity contribution in [3.8, 4) is 11.4 Å². The molecule has 1 aromatic carbocycles. The number of nitrogens with zero attached hydrogens (tertiary/aromatic N) is 5. The highest BCUT2D eigenvalue weighted by atomic mass is 19.4. The summed E-state index contributed by atoms with van der Waals surface area (Å²) in [6.07, 6.45) is -1.94. The fourth-order valence-electron chi connectivity index (χ4n) is 4.98. The molecule has 2 N–H and O–H groups in total. The Bertz CT molecular complexity index is 1530. The van der Waals surface area contributed by atoms with E-state index in [1.54, 1.807) is 35.1 Å². The normalized spacial score (nSPS) is 18.6. The molecule has 5 rings (SSSR count). The number of amides is 1. The molecule has 2 atom stereocenters. The molecule has 220 valence electrons. The van der Waals surface area contributed by atoms with Gasteiger partial charge in [0.25, 0.3) is 5.91 Å². The van der Waals surface area contributed by atoms with Crippen molar-refractivity contribution in [2.45, 2.75) is 64.2 Å². The zero-order chi connectivity index (χ0) is 29.5. The number of alkyl halides is 4. The third-order valence-electron chi connectivity index (χ3n) is 7.15. The molecule has 0 radical (unpaired) electrons. The highest BCUT2D eigenvalue weighted by Crippen LogP contribution is 2.35. The summed E-state index contributed by atoms with van der Waals surface area (Å²) in [5, 5.41) is 14.7. The monoisotopic (exact) mass is 575 g/mol. The minimum Gasteiger partial charge on any atom is -0.379 e. The summed E-state index contributed by atoms with van der Waals surface area (Å²) in [6, 6.07) is 7.63. The number of aromatic nitrogens is 4. The third-order valence-corrected chi connectivity index (χ3v) is 7.15. The molecule has 1 saturated heterocycles. The molecule has 4 aromatic rings. The van der Waals surface area contributed by atoms with E-state index < -0.39 is 24.9 Å². The number of fused-ring (bicyclic) bond motifs is 1. The largest absolute Gasteiger partial charge is 0.406 e. The van der Waals surface area contributed by atoms with Gasteiger partial charge in [0.15, 0.2) is 5.76 Å². The Kier molecular flexibility index (Phi) is 7.58. The molecule has 0 bridgehead atoms. The number of anilines is 1. The summed E-state index contributed by atoms with van der Waals surface area (Å²) >= 11 is 0. The van der Waals surface area contributed by atoms with E-state index in [2.05, 4.69) is 20.9 Å². The lowest BCUT2D eigenvalue weighted by Crippen LogP contribution is -2.46. The Morgan fingerprint density at radius 2 is 1.98 bits per heavy atom. The van der Waals surface area contributed by atoms with E-state index in [1.165, 1.54) is 12.3 Å². The van der Waals surface area contributed by atoms with Gasteiger partial charge in [0, 0.05) is 36.4 Å². The second kappa shape index (κ2) is 10.8. The fourth-order valence-corrected chi connectivity index (χ4v) is 4.98. The lowest BCUT2D eigenvalue weighted by molar-refractivity contribution is -0.139. The minimum atomic E-state index is -4.50. The summed E-state index contributed by atoms with van der Waals surface area (Å²) in [5.41, 5.74) is 1.34. The Balaban J connectivity index is 1.40. The van der Waals surface area contributed by atoms with E-state index in [1.807, 2.05) is 32.7 Å². The quantitative estimate of drug-likeness (QED) is 0.295. The van der Waals surface area contributed by atoms with Crippen LogP contribution in [0.3, 0.4) is 0 Å². The van der Waals surface area contributed by atoms with E-state index in [0.717, 1.165) is 4.57 Å². The smallest absolute Gasteiger partial charge is 0.379 e. The van der Waals surface area contributed by atoms with Crippen LogP contribution < -0.4 is 10.6 Å². The molecule has 0 unspecified atom stereocenters. The number of benzene rings is 1. The van der Waals surface area contributed by atoms with Gasteiger partial charge in [-0.1, -0.05) is 11.2 Å². The Morgan fingerprint density at radius 1 is 1.20 bits per heavy atom. The van der Waals surface area contributed by atoms with Gasteiger partial charge in [0.05, 0.1) is 41.1 Å². The van der Waals surface area contributed by atoms with Gasteiger partial charge >= 0.3 is 6.18 Å². The number of likely N-dealkylation sites (tertiary alicyclic amines) is 1. The molecular formula is C28H33F4N7O2. The zero-order valence-corrected chi connectivity index (χ0v) is 23.3. The van der Waals surface area contributed by atoms with Gasteiger partial charge in [-0.3, -0.25) is 9.48 Å². The summed E-state index contributed by atoms with van der Waals surface area (Å²) < 4.78 is 63.9. The van der Waals surface area contributed by atoms with Crippen LogP contribution >= 0.6 is 0 Å². The van der Waals surface area contributed by atoms with Gasteiger partial charge in [-0.25, -0.2) is 4.39 Å². The first-order valence-corrected chi connectivity index (χ1v) is 13.4. The molecule has 4 heterocycles. The Labute approximate surface area is 234 Å². The molecule has 9 nitrogen and oxygen atoms in total. The van der Waals surface area contributed by atoms with Crippen LogP contribution in [0.25, 0.3) is 22.3 Å². The Hall–Kier alpha value is -3.87. The average Bonchev–Trinajstić information content (AvgIpc) is 3.63. The van der Waals surface area contributed by atoms with Crippen LogP contribution in [0, 0.1) is 0 Å². The predicted octanol–water partition coefficient (Wildman–Crippen LogP) is 5.19. The van der Waals surface area contributed by atoms with Gasteiger partial charge in [-0.05, 0) is 52.4 Å². The van der Waals surface area contributed by atoms with Crippen molar-refractivity contribution in [1.82, 2.24) is 29.7 Å². The summed E-state index contributed by atoms with van der Waals surface area (Å²) in [5.74, 6) is -0.106. The third kappa shape index (κ3) is 6.39. The van der Waals surface area contributed by atoms with E-state index in [4.69, 9.17) is 4.52 Å². The lowest BCUT2D eigenvalue weighted by Gasteiger charge is -2.33. The molecule has 3 aromatic heterocycles. The summed E-state index contributed by atoms with van der Waals surface area (Å²) in [7, 11) is 1.85. The van der Waals surface area contributed by atoms with Crippen LogP contribution in [-0.4, -0.2) is 68.8 Å². The van der Waals surface area contributed by atoms with Crippen molar-refractivity contribution >= 4 is 22.5 Å². The van der Waals surface area contributed by atoms with Crippen LogP contribution in [0.1, 0.15) is 43.3 Å². The van der Waals surface area contributed by atoms with Crippen LogP contribution in [0.5, 0.6) is 0 Å². The van der Waals surface area contributed by atoms with Crippen molar-refractivity contribution in [2.75, 3.05) is 25.5 Å². The molecule has 1 aliphatic rings. The number of carbonyl (C=O) groups excluding carboxylic acids is 1. The Morgan fingerprint density at radius 3 is 2.66 bits per heavy atom. The molecule has 1 fully saturated rings. The number of rotatable bonds is 7. The molecule has 0 aliphatic carbocycles. The van der Waals surface area contributed by atoms with E-state index >= 15 is 0 Å². The van der Waals surface area contributed by atoms with Gasteiger partial charge in [-0.2, -0.15) is 18.3 Å². The van der Waals surface area contributed by atoms with Crippen LogP contribution in [0.4, 0.5) is 23.2 Å². The standard InChI is InChI=1S/C28H33F4N7O2/c1-27(2,3)39-14-17(12-34-39)26(40)33-13-18-10-23(36-41-18)25-11-19-21(35-22-8-9-37(4)15-20(22)29)6-5-7-24(19)38(25)16-28(30,31)32/h5-7,10-12,14,20,22,35H,8-9,13,15-16H2,1-4H3,(H,33,40)/t20-,22+/m0/s1. The van der Waals surface area contributed by atoms with Gasteiger partial charge in [0.2, 0.25) is 0 Å². The van der Waals surface area contributed by atoms with Gasteiger partial charge in [0.1, 0.15) is 18.4 Å². The van der Waals surface area contributed by atoms with Crippen molar-refractivity contribution in [3.63, 3.8) is 0 Å². The van der Waals surface area contributed by atoms with Gasteiger partial charge in [-0.15, -0.1) is 0 Å². The number of nitrogens with one attached hydrogen (secondary N) is 2. The first kappa shape index (κ1) is 28.7. The van der Waals surface area contributed by atoms with Gasteiger partial charge < -0.3 is 24.6 Å². The zero-order valence-electron chi connectivity index (χ0n) is 23.3. The maximum atomic E-state index is 14.7. The maximum Gasteiger partial charge on any atom is 0.406 e. The maximum absolute atomic E-state index is 14.7. The van der Waals surface area contributed by atoms with E-state index in [0.29, 0.717) is 35.1 Å². The van der Waals surface area contributed by atoms with Crippen molar-refractivity contribution in [2.24, 2.45) is 0 Å². The number of piperidine rings is 1. The number of carbonyl (C=O) groups is 1. The summed E-state index contributed by atoms with van der Waals surface area (Å²) in [4.78, 5) is 14.5. The molecule has 1 aliphatic heterocycles. The van der Waals surface area contributed by atoms with Crippen molar-refractivity contribution < 1.29 is 26.9 Å². The van der Waals surface area contributed by atoms with Crippen LogP contribution in [0.15, 0.2) is 47.2 Å². The van der Waals surface area contributed by atoms with Crippen LogP contribution in [0.2, 0.25) is 0 Å². The molecule has 0 spiro atoms. The van der Waals surface area contributed by atoms with Crippen LogP contribution in [-0.2, 0) is 18.6 Å².